The second-order valence-electron chi connectivity index (χ2n) is 9.56. The molecule has 6 rings (SSSR count). The Morgan fingerprint density at radius 3 is 2.77 bits per heavy atom. The minimum atomic E-state index is 0. The molecular formula is C30H34N2O3. The average Bonchev–Trinajstić information content (AvgIpc) is 3.52. The van der Waals surface area contributed by atoms with Gasteiger partial charge in [0.1, 0.15) is 0 Å². The maximum Gasteiger partial charge on any atom is 0.252 e. The van der Waals surface area contributed by atoms with Crippen LogP contribution in [0.5, 0.6) is 0 Å². The molecule has 5 nitrogen and oxygen atoms in total. The van der Waals surface area contributed by atoms with Crippen LogP contribution in [0.15, 0.2) is 42.5 Å². The Morgan fingerprint density at radius 1 is 1.14 bits per heavy atom. The zero-order chi connectivity index (χ0) is 23.4. The van der Waals surface area contributed by atoms with Gasteiger partial charge in [0.05, 0.1) is 23.8 Å². The van der Waals surface area contributed by atoms with E-state index in [1.54, 1.807) is 0 Å². The quantitative estimate of drug-likeness (QED) is 0.309. The number of carbonyl (C=O) groups excluding carboxylic acids is 1. The van der Waals surface area contributed by atoms with Gasteiger partial charge in [0, 0.05) is 48.0 Å². The SMILES string of the molecule is C.CC[C@H](C)OCc1ccc2c(c1)c1c3c(c4c(c1n2CCCO)Cc1ccccc1-4)C(=O)NC3. The second-order valence-corrected chi connectivity index (χ2v) is 9.56. The Labute approximate surface area is 206 Å². The summed E-state index contributed by atoms with van der Waals surface area (Å²) in [5, 5.41) is 15.1. The lowest BCUT2D eigenvalue weighted by molar-refractivity contribution is 0.0509. The van der Waals surface area contributed by atoms with E-state index in [0.717, 1.165) is 47.2 Å². The number of benzene rings is 3. The van der Waals surface area contributed by atoms with Crippen molar-refractivity contribution in [2.45, 2.75) is 66.3 Å². The molecule has 4 aromatic rings. The van der Waals surface area contributed by atoms with Crippen molar-refractivity contribution in [1.82, 2.24) is 9.88 Å². The molecule has 1 aromatic heterocycles. The molecule has 1 aliphatic carbocycles. The number of aryl methyl sites for hydroxylation is 1. The van der Waals surface area contributed by atoms with Crippen LogP contribution in [0.4, 0.5) is 0 Å². The van der Waals surface area contributed by atoms with Gasteiger partial charge in [-0.1, -0.05) is 44.7 Å². The molecule has 0 radical (unpaired) electrons. The van der Waals surface area contributed by atoms with Gasteiger partial charge in [0.25, 0.3) is 5.91 Å². The van der Waals surface area contributed by atoms with Gasteiger partial charge in [-0.2, -0.15) is 0 Å². The van der Waals surface area contributed by atoms with Crippen molar-refractivity contribution in [3.05, 3.63) is 70.3 Å². The Hall–Kier alpha value is -3.15. The maximum atomic E-state index is 13.1. The first-order valence-electron chi connectivity index (χ1n) is 12.3. The molecule has 1 aliphatic heterocycles. The Balaban J connectivity index is 0.00000253. The van der Waals surface area contributed by atoms with Crippen molar-refractivity contribution in [1.29, 1.82) is 0 Å². The van der Waals surface area contributed by atoms with Gasteiger partial charge in [-0.05, 0) is 59.7 Å². The van der Waals surface area contributed by atoms with Crippen molar-refractivity contribution in [2.75, 3.05) is 6.61 Å². The minimum Gasteiger partial charge on any atom is -0.396 e. The minimum absolute atomic E-state index is 0. The van der Waals surface area contributed by atoms with Gasteiger partial charge in [-0.25, -0.2) is 0 Å². The molecule has 0 fully saturated rings. The zero-order valence-electron chi connectivity index (χ0n) is 19.8. The van der Waals surface area contributed by atoms with Gasteiger partial charge in [0.15, 0.2) is 0 Å². The molecule has 1 atom stereocenters. The lowest BCUT2D eigenvalue weighted by Gasteiger charge is -2.13. The summed E-state index contributed by atoms with van der Waals surface area (Å²) in [5.74, 6) is 0.0253. The molecule has 3 aromatic carbocycles. The smallest absolute Gasteiger partial charge is 0.252 e. The number of fused-ring (bicyclic) bond motifs is 10. The first kappa shape index (κ1) is 23.6. The van der Waals surface area contributed by atoms with E-state index in [1.165, 1.54) is 33.0 Å². The number of ether oxygens (including phenoxy) is 1. The predicted molar refractivity (Wildman–Crippen MR) is 142 cm³/mol. The molecule has 2 heterocycles. The molecule has 2 N–H and O–H groups in total. The number of amides is 1. The predicted octanol–water partition coefficient (Wildman–Crippen LogP) is 5.94. The number of rotatable bonds is 7. The normalized spacial score (nSPS) is 14.5. The maximum absolute atomic E-state index is 13.1. The molecular weight excluding hydrogens is 436 g/mol. The summed E-state index contributed by atoms with van der Waals surface area (Å²) in [6.07, 6.45) is 2.71. The highest BCUT2D eigenvalue weighted by Crippen LogP contribution is 2.48. The number of nitrogens with zero attached hydrogens (tertiary/aromatic N) is 1. The highest BCUT2D eigenvalue weighted by molar-refractivity contribution is 6.20. The molecule has 0 unspecified atom stereocenters. The van der Waals surface area contributed by atoms with Gasteiger partial charge in [-0.15, -0.1) is 0 Å². The largest absolute Gasteiger partial charge is 0.396 e. The second kappa shape index (κ2) is 9.14. The molecule has 0 bridgehead atoms. The fourth-order valence-electron chi connectivity index (χ4n) is 5.74. The number of aromatic nitrogens is 1. The van der Waals surface area contributed by atoms with E-state index in [-0.39, 0.29) is 26.0 Å². The van der Waals surface area contributed by atoms with Crippen LogP contribution in [0.2, 0.25) is 0 Å². The third kappa shape index (κ3) is 3.57. The molecule has 0 spiro atoms. The summed E-state index contributed by atoms with van der Waals surface area (Å²) >= 11 is 0. The van der Waals surface area contributed by atoms with E-state index in [0.29, 0.717) is 19.6 Å². The molecule has 182 valence electrons. The van der Waals surface area contributed by atoms with Crippen LogP contribution < -0.4 is 5.32 Å². The van der Waals surface area contributed by atoms with Gasteiger partial charge in [0.2, 0.25) is 0 Å². The van der Waals surface area contributed by atoms with E-state index in [4.69, 9.17) is 4.74 Å². The highest BCUT2D eigenvalue weighted by atomic mass is 16.5. The Bertz CT molecular complexity index is 1450. The van der Waals surface area contributed by atoms with Gasteiger partial charge >= 0.3 is 0 Å². The molecule has 5 heteroatoms. The van der Waals surface area contributed by atoms with Gasteiger partial charge in [-0.3, -0.25) is 4.79 Å². The third-order valence-corrected chi connectivity index (χ3v) is 7.52. The Morgan fingerprint density at radius 2 is 1.97 bits per heavy atom. The summed E-state index contributed by atoms with van der Waals surface area (Å²) in [6, 6.07) is 15.0. The lowest BCUT2D eigenvalue weighted by Crippen LogP contribution is -2.13. The van der Waals surface area contributed by atoms with Crippen molar-refractivity contribution in [2.24, 2.45) is 0 Å². The molecule has 2 aliphatic rings. The third-order valence-electron chi connectivity index (χ3n) is 7.52. The number of hydrogen-bond donors (Lipinski definition) is 2. The van der Waals surface area contributed by atoms with E-state index >= 15 is 0 Å². The number of carbonyl (C=O) groups is 1. The number of nitrogens with one attached hydrogen (secondary N) is 1. The standard InChI is InChI=1S/C29H30N2O3.CH4/c1-3-17(2)34-16-18-9-10-24-21(13-18)26-23-15-30-29(33)27(23)25-20-8-5-4-7-19(20)14-22(25)28(26)31(24)11-6-12-32;/h4-5,7-10,13,17,32H,3,6,11-12,14-16H2,1-2H3,(H,30,33);1H4/t17-;/m0./s1. The van der Waals surface area contributed by atoms with Crippen LogP contribution in [-0.2, 0) is 30.9 Å². The van der Waals surface area contributed by atoms with E-state index < -0.39 is 0 Å². The van der Waals surface area contributed by atoms with Crippen LogP contribution in [0.3, 0.4) is 0 Å². The first-order chi connectivity index (χ1) is 16.6. The van der Waals surface area contributed by atoms with Crippen LogP contribution in [0.25, 0.3) is 32.9 Å². The monoisotopic (exact) mass is 470 g/mol. The summed E-state index contributed by atoms with van der Waals surface area (Å²) in [6.45, 7) is 6.24. The summed E-state index contributed by atoms with van der Waals surface area (Å²) in [7, 11) is 0. The van der Waals surface area contributed by atoms with Crippen LogP contribution >= 0.6 is 0 Å². The van der Waals surface area contributed by atoms with Crippen LogP contribution in [0, 0.1) is 0 Å². The lowest BCUT2D eigenvalue weighted by atomic mass is 9.92. The van der Waals surface area contributed by atoms with Crippen molar-refractivity contribution >= 4 is 27.7 Å². The van der Waals surface area contributed by atoms with E-state index in [1.807, 2.05) is 0 Å². The van der Waals surface area contributed by atoms with Crippen LogP contribution in [0.1, 0.15) is 66.7 Å². The summed E-state index contributed by atoms with van der Waals surface area (Å²) in [5.41, 5.74) is 10.2. The number of aliphatic hydroxyl groups excluding tert-OH is 1. The Kier molecular flexibility index (Phi) is 6.16. The average molecular weight is 471 g/mol. The molecule has 1 amide bonds. The van der Waals surface area contributed by atoms with Crippen molar-refractivity contribution in [3.8, 4) is 11.1 Å². The van der Waals surface area contributed by atoms with E-state index in [2.05, 4.69) is 66.2 Å². The number of hydrogen-bond acceptors (Lipinski definition) is 3. The number of aliphatic hydroxyl groups is 1. The fraction of sp³-hybridized carbons (Fsp3) is 0.367. The highest BCUT2D eigenvalue weighted by Gasteiger charge is 2.35. The zero-order valence-corrected chi connectivity index (χ0v) is 19.8. The molecule has 35 heavy (non-hydrogen) atoms. The van der Waals surface area contributed by atoms with Crippen molar-refractivity contribution < 1.29 is 14.6 Å². The summed E-state index contributed by atoms with van der Waals surface area (Å²) in [4.78, 5) is 13.1. The van der Waals surface area contributed by atoms with Crippen LogP contribution in [-0.4, -0.2) is 28.3 Å². The van der Waals surface area contributed by atoms with Gasteiger partial charge < -0.3 is 19.7 Å². The molecule has 0 saturated carbocycles. The fourth-order valence-corrected chi connectivity index (χ4v) is 5.74. The van der Waals surface area contributed by atoms with E-state index in [9.17, 15) is 9.90 Å². The first-order valence-corrected chi connectivity index (χ1v) is 12.3. The van der Waals surface area contributed by atoms with Crippen molar-refractivity contribution in [3.63, 3.8) is 0 Å². The molecule has 0 saturated heterocycles. The summed E-state index contributed by atoms with van der Waals surface area (Å²) < 4.78 is 8.40. The topological polar surface area (TPSA) is 63.5 Å².